The van der Waals surface area contributed by atoms with Crippen molar-refractivity contribution in [2.75, 3.05) is 15.9 Å². The molecule has 0 aliphatic carbocycles. The van der Waals surface area contributed by atoms with Crippen LogP contribution in [0.5, 0.6) is 0 Å². The minimum Gasteiger partial charge on any atom is -0.319 e. The van der Waals surface area contributed by atoms with Crippen LogP contribution in [0, 0.1) is 5.82 Å². The van der Waals surface area contributed by atoms with Crippen LogP contribution in [0.2, 0.25) is 0 Å². The quantitative estimate of drug-likeness (QED) is 0.815. The monoisotopic (exact) mass is 426 g/mol. The van der Waals surface area contributed by atoms with Crippen LogP contribution in [0.15, 0.2) is 40.9 Å². The average molecular weight is 427 g/mol. The summed E-state index contributed by atoms with van der Waals surface area (Å²) in [5.74, 6) is -0.991. The van der Waals surface area contributed by atoms with Gasteiger partial charge in [0.2, 0.25) is 10.0 Å². The van der Waals surface area contributed by atoms with Gasteiger partial charge in [-0.05, 0) is 55.3 Å². The minimum absolute atomic E-state index is 0.0832. The number of carbonyl (C=O) groups is 1. The van der Waals surface area contributed by atoms with Gasteiger partial charge in [-0.3, -0.25) is 9.10 Å². The van der Waals surface area contributed by atoms with Crippen LogP contribution in [0.3, 0.4) is 0 Å². The van der Waals surface area contributed by atoms with Crippen molar-refractivity contribution in [1.29, 1.82) is 0 Å². The molecule has 8 heteroatoms. The first-order valence-electron chi connectivity index (χ1n) is 7.55. The van der Waals surface area contributed by atoms with Gasteiger partial charge in [0.15, 0.2) is 0 Å². The molecule has 1 aliphatic rings. The van der Waals surface area contributed by atoms with Crippen LogP contribution in [0.4, 0.5) is 15.8 Å². The van der Waals surface area contributed by atoms with Gasteiger partial charge in [-0.1, -0.05) is 15.9 Å². The molecule has 0 aromatic heterocycles. The Kier molecular flexibility index (Phi) is 4.59. The molecule has 25 heavy (non-hydrogen) atoms. The molecule has 0 saturated carbocycles. The third kappa shape index (κ3) is 3.55. The number of nitrogens with one attached hydrogen (secondary N) is 1. The normalized spacial score (nSPS) is 16.6. The SMILES string of the molecule is C[C@H]1Cc2cc(C(=O)Nc3ccc(Br)cc3F)ccc2N1S(C)(=O)=O. The molecular weight excluding hydrogens is 411 g/mol. The molecule has 132 valence electrons. The summed E-state index contributed by atoms with van der Waals surface area (Å²) in [4.78, 5) is 12.4. The van der Waals surface area contributed by atoms with E-state index in [2.05, 4.69) is 21.2 Å². The highest BCUT2D eigenvalue weighted by atomic mass is 79.9. The summed E-state index contributed by atoms with van der Waals surface area (Å²) in [7, 11) is -3.38. The van der Waals surface area contributed by atoms with E-state index in [-0.39, 0.29) is 11.7 Å². The first kappa shape index (κ1) is 17.9. The van der Waals surface area contributed by atoms with E-state index in [0.717, 1.165) is 11.8 Å². The van der Waals surface area contributed by atoms with Gasteiger partial charge in [-0.2, -0.15) is 0 Å². The molecule has 1 amide bonds. The van der Waals surface area contributed by atoms with Crippen molar-refractivity contribution in [1.82, 2.24) is 0 Å². The number of benzene rings is 2. The number of amides is 1. The maximum absolute atomic E-state index is 13.9. The van der Waals surface area contributed by atoms with Gasteiger partial charge in [0.1, 0.15) is 5.82 Å². The lowest BCUT2D eigenvalue weighted by atomic mass is 10.1. The molecule has 0 saturated heterocycles. The summed E-state index contributed by atoms with van der Waals surface area (Å²) in [6.07, 6.45) is 1.69. The molecule has 0 radical (unpaired) electrons. The number of carbonyl (C=O) groups excluding carboxylic acids is 1. The number of hydrogen-bond acceptors (Lipinski definition) is 3. The molecule has 0 spiro atoms. The maximum atomic E-state index is 13.9. The second-order valence-electron chi connectivity index (χ2n) is 6.03. The number of fused-ring (bicyclic) bond motifs is 1. The Hall–Kier alpha value is -1.93. The number of hydrogen-bond donors (Lipinski definition) is 1. The standard InChI is InChI=1S/C17H16BrFN2O3S/c1-10-7-12-8-11(3-6-16(12)21(10)25(2,23)24)17(22)20-15-5-4-13(18)9-14(15)19/h3-6,8-10H,7H2,1-2H3,(H,20,22)/t10-/m0/s1. The van der Waals surface area contributed by atoms with Crippen molar-refractivity contribution in [3.05, 3.63) is 57.8 Å². The zero-order valence-electron chi connectivity index (χ0n) is 13.6. The molecule has 5 nitrogen and oxygen atoms in total. The molecule has 1 atom stereocenters. The number of sulfonamides is 1. The number of halogens is 2. The number of nitrogens with zero attached hydrogens (tertiary/aromatic N) is 1. The lowest BCUT2D eigenvalue weighted by Gasteiger charge is -2.21. The summed E-state index contributed by atoms with van der Waals surface area (Å²) >= 11 is 3.16. The lowest BCUT2D eigenvalue weighted by Crippen LogP contribution is -2.34. The molecule has 0 fully saturated rings. The molecular formula is C17H16BrFN2O3S. The lowest BCUT2D eigenvalue weighted by molar-refractivity contribution is 0.102. The molecule has 0 unspecified atom stereocenters. The van der Waals surface area contributed by atoms with Crippen molar-refractivity contribution >= 4 is 43.2 Å². The highest BCUT2D eigenvalue weighted by Crippen LogP contribution is 2.34. The Morgan fingerprint density at radius 2 is 2.00 bits per heavy atom. The second-order valence-corrected chi connectivity index (χ2v) is 8.81. The molecule has 0 bridgehead atoms. The van der Waals surface area contributed by atoms with E-state index in [4.69, 9.17) is 0 Å². The Balaban J connectivity index is 1.88. The van der Waals surface area contributed by atoms with Crippen LogP contribution in [-0.2, 0) is 16.4 Å². The Morgan fingerprint density at radius 3 is 2.64 bits per heavy atom. The smallest absolute Gasteiger partial charge is 0.255 e. The molecule has 2 aromatic carbocycles. The van der Waals surface area contributed by atoms with E-state index in [1.807, 2.05) is 6.92 Å². The van der Waals surface area contributed by atoms with Crippen molar-refractivity contribution < 1.29 is 17.6 Å². The van der Waals surface area contributed by atoms with Crippen molar-refractivity contribution in [2.24, 2.45) is 0 Å². The van der Waals surface area contributed by atoms with Gasteiger partial charge in [0.05, 0.1) is 17.6 Å². The van der Waals surface area contributed by atoms with E-state index < -0.39 is 21.7 Å². The minimum atomic E-state index is -3.38. The van der Waals surface area contributed by atoms with Gasteiger partial charge in [0.25, 0.3) is 5.91 Å². The molecule has 1 heterocycles. The maximum Gasteiger partial charge on any atom is 0.255 e. The summed E-state index contributed by atoms with van der Waals surface area (Å²) in [6.45, 7) is 1.82. The van der Waals surface area contributed by atoms with Crippen LogP contribution < -0.4 is 9.62 Å². The van der Waals surface area contributed by atoms with E-state index in [1.54, 1.807) is 24.3 Å². The van der Waals surface area contributed by atoms with Gasteiger partial charge >= 0.3 is 0 Å². The zero-order valence-corrected chi connectivity index (χ0v) is 16.0. The average Bonchev–Trinajstić information content (AvgIpc) is 2.84. The largest absolute Gasteiger partial charge is 0.319 e. The van der Waals surface area contributed by atoms with Crippen LogP contribution in [-0.4, -0.2) is 26.6 Å². The van der Waals surface area contributed by atoms with Crippen molar-refractivity contribution in [3.63, 3.8) is 0 Å². The Bertz CT molecular complexity index is 962. The van der Waals surface area contributed by atoms with Gasteiger partial charge in [-0.15, -0.1) is 0 Å². The molecule has 2 aromatic rings. The Morgan fingerprint density at radius 1 is 1.28 bits per heavy atom. The summed E-state index contributed by atoms with van der Waals surface area (Å²) < 4.78 is 39.7. The third-order valence-corrected chi connectivity index (χ3v) is 5.80. The predicted molar refractivity (Wildman–Crippen MR) is 99.0 cm³/mol. The fourth-order valence-corrected chi connectivity index (χ4v) is 4.63. The van der Waals surface area contributed by atoms with Gasteiger partial charge in [0, 0.05) is 16.1 Å². The predicted octanol–water partition coefficient (Wildman–Crippen LogP) is 3.55. The second kappa shape index (κ2) is 6.42. The first-order chi connectivity index (χ1) is 11.7. The highest BCUT2D eigenvalue weighted by molar-refractivity contribution is 9.10. The summed E-state index contributed by atoms with van der Waals surface area (Å²) in [6, 6.07) is 8.99. The Labute approximate surface area is 154 Å². The summed E-state index contributed by atoms with van der Waals surface area (Å²) in [5.41, 5.74) is 1.80. The highest BCUT2D eigenvalue weighted by Gasteiger charge is 2.32. The molecule has 1 aliphatic heterocycles. The van der Waals surface area contributed by atoms with Gasteiger partial charge in [-0.25, -0.2) is 12.8 Å². The van der Waals surface area contributed by atoms with Gasteiger partial charge < -0.3 is 5.32 Å². The summed E-state index contributed by atoms with van der Waals surface area (Å²) in [5, 5.41) is 2.53. The fraction of sp³-hybridized carbons (Fsp3) is 0.235. The first-order valence-corrected chi connectivity index (χ1v) is 10.2. The van der Waals surface area contributed by atoms with Crippen LogP contribution >= 0.6 is 15.9 Å². The van der Waals surface area contributed by atoms with Crippen LogP contribution in [0.25, 0.3) is 0 Å². The van der Waals surface area contributed by atoms with E-state index in [1.165, 1.54) is 16.4 Å². The third-order valence-electron chi connectivity index (χ3n) is 4.03. The van der Waals surface area contributed by atoms with Crippen LogP contribution in [0.1, 0.15) is 22.8 Å². The van der Waals surface area contributed by atoms with Crippen molar-refractivity contribution in [2.45, 2.75) is 19.4 Å². The molecule has 1 N–H and O–H groups in total. The van der Waals surface area contributed by atoms with E-state index >= 15 is 0 Å². The fourth-order valence-electron chi connectivity index (χ4n) is 3.03. The number of rotatable bonds is 3. The number of anilines is 2. The van der Waals surface area contributed by atoms with Crippen molar-refractivity contribution in [3.8, 4) is 0 Å². The zero-order chi connectivity index (χ0) is 18.4. The topological polar surface area (TPSA) is 66.5 Å². The van der Waals surface area contributed by atoms with E-state index in [0.29, 0.717) is 22.1 Å². The van der Waals surface area contributed by atoms with E-state index in [9.17, 15) is 17.6 Å². The molecule has 3 rings (SSSR count).